The molecule has 28 heavy (non-hydrogen) atoms. The molecular weight excluding hydrogens is 374 g/mol. The zero-order valence-electron chi connectivity index (χ0n) is 17.0. The van der Waals surface area contributed by atoms with Crippen LogP contribution < -0.4 is 0 Å². The summed E-state index contributed by atoms with van der Waals surface area (Å²) in [5, 5.41) is 19.7. The Kier molecular flexibility index (Phi) is 8.83. The van der Waals surface area contributed by atoms with Gasteiger partial charge in [-0.1, -0.05) is 38.3 Å². The molecule has 0 aliphatic carbocycles. The molecule has 5 nitrogen and oxygen atoms in total. The summed E-state index contributed by atoms with van der Waals surface area (Å²) in [4.78, 5) is 25.1. The number of hydrogen-bond acceptors (Lipinski definition) is 4. The zero-order chi connectivity index (χ0) is 20.6. The topological polar surface area (TPSA) is 77.8 Å². The number of carbonyl (C=O) groups excluding carboxylic acids is 1. The third kappa shape index (κ3) is 7.13. The normalized spacial score (nSPS) is 19.0. The maximum absolute atomic E-state index is 12.3. The predicted octanol–water partition coefficient (Wildman–Crippen LogP) is 4.33. The molecule has 1 aliphatic heterocycles. The molecule has 6 heteroatoms. The summed E-state index contributed by atoms with van der Waals surface area (Å²) in [6.07, 6.45) is 7.42. The van der Waals surface area contributed by atoms with Gasteiger partial charge in [-0.15, -0.1) is 11.8 Å². The van der Waals surface area contributed by atoms with Crippen LogP contribution in [0.2, 0.25) is 0 Å². The molecule has 1 amide bonds. The van der Waals surface area contributed by atoms with E-state index < -0.39 is 11.6 Å². The summed E-state index contributed by atoms with van der Waals surface area (Å²) in [7, 11) is 0. The molecule has 2 atom stereocenters. The van der Waals surface area contributed by atoms with E-state index in [9.17, 15) is 14.7 Å². The molecule has 1 fully saturated rings. The molecule has 0 spiro atoms. The van der Waals surface area contributed by atoms with Crippen molar-refractivity contribution in [3.8, 4) is 0 Å². The Morgan fingerprint density at radius 2 is 1.93 bits per heavy atom. The maximum Gasteiger partial charge on any atom is 0.335 e. The first-order valence-corrected chi connectivity index (χ1v) is 11.3. The second-order valence-corrected chi connectivity index (χ2v) is 9.12. The maximum atomic E-state index is 12.3. The molecule has 156 valence electrons. The average Bonchev–Trinajstić information content (AvgIpc) is 3.00. The fourth-order valence-corrected chi connectivity index (χ4v) is 4.78. The number of aliphatic hydroxyl groups is 1. The number of carboxylic acids is 1. The van der Waals surface area contributed by atoms with E-state index in [-0.39, 0.29) is 11.3 Å². The van der Waals surface area contributed by atoms with Gasteiger partial charge in [0.15, 0.2) is 0 Å². The van der Waals surface area contributed by atoms with E-state index in [1.165, 1.54) is 0 Å². The number of hydrogen-bond donors (Lipinski definition) is 2. The quantitative estimate of drug-likeness (QED) is 0.504. The molecule has 0 bridgehead atoms. The smallest absolute Gasteiger partial charge is 0.335 e. The van der Waals surface area contributed by atoms with Crippen LogP contribution in [-0.2, 0) is 11.2 Å². The van der Waals surface area contributed by atoms with Gasteiger partial charge in [-0.3, -0.25) is 4.79 Å². The van der Waals surface area contributed by atoms with Gasteiger partial charge in [0.2, 0.25) is 5.91 Å². The Hall–Kier alpha value is -1.53. The second kappa shape index (κ2) is 10.9. The first-order valence-electron chi connectivity index (χ1n) is 10.3. The lowest BCUT2D eigenvalue weighted by Gasteiger charge is -2.29. The van der Waals surface area contributed by atoms with Crippen molar-refractivity contribution in [1.29, 1.82) is 0 Å². The van der Waals surface area contributed by atoms with Crippen molar-refractivity contribution >= 4 is 23.6 Å². The van der Waals surface area contributed by atoms with Crippen LogP contribution in [0, 0.1) is 0 Å². The molecular formula is C22H33NO4S. The van der Waals surface area contributed by atoms with Gasteiger partial charge in [-0.25, -0.2) is 4.79 Å². The van der Waals surface area contributed by atoms with Gasteiger partial charge in [0, 0.05) is 6.54 Å². The van der Waals surface area contributed by atoms with Crippen molar-refractivity contribution in [3.05, 3.63) is 35.4 Å². The van der Waals surface area contributed by atoms with Gasteiger partial charge in [0.1, 0.15) is 0 Å². The van der Waals surface area contributed by atoms with Gasteiger partial charge in [-0.05, 0) is 56.7 Å². The highest BCUT2D eigenvalue weighted by atomic mass is 32.2. The largest absolute Gasteiger partial charge is 0.478 e. The summed E-state index contributed by atoms with van der Waals surface area (Å²) in [5.41, 5.74) is 0.710. The van der Waals surface area contributed by atoms with Crippen LogP contribution in [0.1, 0.15) is 74.7 Å². The first kappa shape index (κ1) is 22.8. The van der Waals surface area contributed by atoms with Crippen LogP contribution in [0.15, 0.2) is 24.3 Å². The number of aryl methyl sites for hydroxylation is 1. The number of thioether (sulfide) groups is 1. The lowest BCUT2D eigenvalue weighted by molar-refractivity contribution is -0.128. The molecule has 1 aromatic rings. The van der Waals surface area contributed by atoms with Crippen LogP contribution in [0.5, 0.6) is 0 Å². The Bertz CT molecular complexity index is 644. The monoisotopic (exact) mass is 407 g/mol. The highest BCUT2D eigenvalue weighted by molar-refractivity contribution is 8.00. The number of unbranched alkanes of at least 4 members (excludes halogenated alkanes) is 2. The zero-order valence-corrected chi connectivity index (χ0v) is 17.8. The predicted molar refractivity (Wildman–Crippen MR) is 114 cm³/mol. The van der Waals surface area contributed by atoms with Crippen molar-refractivity contribution in [2.75, 3.05) is 12.3 Å². The second-order valence-electron chi connectivity index (χ2n) is 7.95. The number of amides is 1. The number of benzene rings is 1. The van der Waals surface area contributed by atoms with E-state index in [4.69, 9.17) is 5.11 Å². The minimum absolute atomic E-state index is 0.171. The molecule has 2 rings (SSSR count). The van der Waals surface area contributed by atoms with Gasteiger partial charge < -0.3 is 15.1 Å². The van der Waals surface area contributed by atoms with Crippen molar-refractivity contribution in [1.82, 2.24) is 4.90 Å². The third-order valence-corrected chi connectivity index (χ3v) is 6.68. The van der Waals surface area contributed by atoms with Crippen LogP contribution in [0.4, 0.5) is 0 Å². The van der Waals surface area contributed by atoms with Crippen molar-refractivity contribution in [3.63, 3.8) is 0 Å². The van der Waals surface area contributed by atoms with Crippen molar-refractivity contribution < 1.29 is 19.8 Å². The summed E-state index contributed by atoms with van der Waals surface area (Å²) in [5.74, 6) is -0.213. The summed E-state index contributed by atoms with van der Waals surface area (Å²) >= 11 is 1.69. The Morgan fingerprint density at radius 3 is 2.57 bits per heavy atom. The first-order chi connectivity index (χ1) is 13.3. The number of aromatic carboxylic acids is 1. The van der Waals surface area contributed by atoms with Gasteiger partial charge in [-0.2, -0.15) is 0 Å². The van der Waals surface area contributed by atoms with E-state index in [0.29, 0.717) is 24.3 Å². The van der Waals surface area contributed by atoms with Gasteiger partial charge >= 0.3 is 5.97 Å². The minimum Gasteiger partial charge on any atom is -0.478 e. The Morgan fingerprint density at radius 1 is 1.21 bits per heavy atom. The van der Waals surface area contributed by atoms with E-state index in [1.54, 1.807) is 23.9 Å². The summed E-state index contributed by atoms with van der Waals surface area (Å²) in [6.45, 7) is 4.65. The number of nitrogens with zero attached hydrogens (tertiary/aromatic N) is 1. The molecule has 0 radical (unpaired) electrons. The minimum atomic E-state index is -0.909. The number of carboxylic acid groups (broad SMARTS) is 1. The Labute approximate surface area is 172 Å². The average molecular weight is 408 g/mol. The summed E-state index contributed by atoms with van der Waals surface area (Å²) < 4.78 is 0. The standard InChI is InChI=1S/C22H33NO4S/c1-3-4-5-13-22(2,27)14-15-23-19(24)16-28-20(23)8-6-7-17-9-11-18(12-10-17)21(25)26/h9-12,20,27H,3-8,13-16H2,1-2H3,(H,25,26). The van der Waals surface area contributed by atoms with E-state index in [2.05, 4.69) is 6.92 Å². The van der Waals surface area contributed by atoms with Crippen LogP contribution in [0.3, 0.4) is 0 Å². The van der Waals surface area contributed by atoms with E-state index in [0.717, 1.165) is 50.5 Å². The lowest BCUT2D eigenvalue weighted by atomic mass is 9.94. The molecule has 2 N–H and O–H groups in total. The van der Waals surface area contributed by atoms with E-state index >= 15 is 0 Å². The highest BCUT2D eigenvalue weighted by Gasteiger charge is 2.32. The van der Waals surface area contributed by atoms with Crippen LogP contribution in [-0.4, -0.2) is 50.3 Å². The number of carbonyl (C=O) groups is 2. The SMILES string of the molecule is CCCCCC(C)(O)CCN1C(=O)CSC1CCCc1ccc(C(=O)O)cc1. The number of rotatable bonds is 12. The molecule has 0 aromatic heterocycles. The fourth-order valence-electron chi connectivity index (χ4n) is 3.55. The molecule has 1 aliphatic rings. The van der Waals surface area contributed by atoms with Crippen molar-refractivity contribution in [2.24, 2.45) is 0 Å². The molecule has 2 unspecified atom stereocenters. The Balaban J connectivity index is 1.78. The fraction of sp³-hybridized carbons (Fsp3) is 0.636. The molecule has 1 heterocycles. The van der Waals surface area contributed by atoms with Crippen LogP contribution in [0.25, 0.3) is 0 Å². The van der Waals surface area contributed by atoms with E-state index in [1.807, 2.05) is 24.0 Å². The lowest BCUT2D eigenvalue weighted by Crippen LogP contribution is -2.38. The van der Waals surface area contributed by atoms with Crippen LogP contribution >= 0.6 is 11.8 Å². The van der Waals surface area contributed by atoms with Gasteiger partial charge in [0.05, 0.1) is 22.3 Å². The molecule has 1 aromatic carbocycles. The van der Waals surface area contributed by atoms with Crippen molar-refractivity contribution in [2.45, 2.75) is 76.2 Å². The third-order valence-electron chi connectivity index (χ3n) is 5.39. The summed E-state index contributed by atoms with van der Waals surface area (Å²) in [6, 6.07) is 7.00. The highest BCUT2D eigenvalue weighted by Crippen LogP contribution is 2.30. The molecule has 0 saturated carbocycles. The molecule has 1 saturated heterocycles. The van der Waals surface area contributed by atoms with Gasteiger partial charge in [0.25, 0.3) is 0 Å².